The van der Waals surface area contributed by atoms with Gasteiger partial charge in [-0.3, -0.25) is 0 Å². The second-order valence-corrected chi connectivity index (χ2v) is 7.34. The summed E-state index contributed by atoms with van der Waals surface area (Å²) in [5, 5.41) is 3.51. The topological polar surface area (TPSA) is 21.3 Å². The molecular formula is C16H29NOS. The van der Waals surface area contributed by atoms with E-state index in [2.05, 4.69) is 45.1 Å². The Morgan fingerprint density at radius 1 is 1.11 bits per heavy atom. The van der Waals surface area contributed by atoms with Crippen molar-refractivity contribution in [3.8, 4) is 0 Å². The first-order chi connectivity index (χ1) is 9.01. The van der Waals surface area contributed by atoms with Crippen molar-refractivity contribution in [2.45, 2.75) is 72.1 Å². The molecule has 1 rings (SSSR count). The first-order valence-corrected chi connectivity index (χ1v) is 8.23. The van der Waals surface area contributed by atoms with Crippen LogP contribution in [0.3, 0.4) is 0 Å². The Bertz CT molecular complexity index is 341. The molecule has 1 aromatic rings. The van der Waals surface area contributed by atoms with E-state index in [-0.39, 0.29) is 5.54 Å². The third-order valence-corrected chi connectivity index (χ3v) is 3.96. The minimum Gasteiger partial charge on any atom is -0.376 e. The Morgan fingerprint density at radius 3 is 2.53 bits per heavy atom. The van der Waals surface area contributed by atoms with Gasteiger partial charge in [0.15, 0.2) is 0 Å². The highest BCUT2D eigenvalue weighted by Gasteiger charge is 2.09. The van der Waals surface area contributed by atoms with Crippen molar-refractivity contribution in [2.75, 3.05) is 6.61 Å². The molecule has 0 radical (unpaired) electrons. The average molecular weight is 283 g/mol. The van der Waals surface area contributed by atoms with Crippen LogP contribution in [0.2, 0.25) is 0 Å². The van der Waals surface area contributed by atoms with Gasteiger partial charge in [0.05, 0.1) is 6.61 Å². The van der Waals surface area contributed by atoms with Gasteiger partial charge in [-0.1, -0.05) is 26.2 Å². The quantitative estimate of drug-likeness (QED) is 0.661. The number of hydrogen-bond donors (Lipinski definition) is 1. The summed E-state index contributed by atoms with van der Waals surface area (Å²) in [6.45, 7) is 11.4. The lowest BCUT2D eigenvalue weighted by Crippen LogP contribution is -2.34. The molecule has 110 valence electrons. The molecular weight excluding hydrogens is 254 g/mol. The third-order valence-electron chi connectivity index (χ3n) is 2.90. The fourth-order valence-electron chi connectivity index (χ4n) is 1.75. The van der Waals surface area contributed by atoms with Gasteiger partial charge in [-0.25, -0.2) is 0 Å². The van der Waals surface area contributed by atoms with Crippen LogP contribution >= 0.6 is 11.3 Å². The van der Waals surface area contributed by atoms with Crippen LogP contribution in [0, 0.1) is 0 Å². The fourth-order valence-corrected chi connectivity index (χ4v) is 2.65. The number of rotatable bonds is 9. The molecule has 0 bridgehead atoms. The lowest BCUT2D eigenvalue weighted by Gasteiger charge is -2.19. The molecule has 0 saturated heterocycles. The van der Waals surface area contributed by atoms with E-state index in [4.69, 9.17) is 4.74 Å². The van der Waals surface area contributed by atoms with E-state index in [1.165, 1.54) is 35.4 Å². The molecule has 3 heteroatoms. The predicted molar refractivity (Wildman–Crippen MR) is 84.7 cm³/mol. The van der Waals surface area contributed by atoms with Crippen LogP contribution in [0.1, 0.15) is 63.1 Å². The molecule has 1 heterocycles. The van der Waals surface area contributed by atoms with Gasteiger partial charge < -0.3 is 10.1 Å². The number of unbranched alkanes of at least 4 members (excludes halogenated alkanes) is 3. The smallest absolute Gasteiger partial charge is 0.0809 e. The molecule has 0 spiro atoms. The van der Waals surface area contributed by atoms with Crippen molar-refractivity contribution in [1.29, 1.82) is 0 Å². The van der Waals surface area contributed by atoms with Crippen LogP contribution in [0.15, 0.2) is 12.1 Å². The molecule has 19 heavy (non-hydrogen) atoms. The maximum absolute atomic E-state index is 5.72. The highest BCUT2D eigenvalue weighted by molar-refractivity contribution is 7.11. The van der Waals surface area contributed by atoms with Gasteiger partial charge >= 0.3 is 0 Å². The first kappa shape index (κ1) is 16.7. The summed E-state index contributed by atoms with van der Waals surface area (Å²) in [7, 11) is 0. The molecule has 0 aliphatic carbocycles. The maximum atomic E-state index is 5.72. The standard InChI is InChI=1S/C16H29NOS/c1-5-6-7-8-11-18-13-15-10-9-14(19-15)12-17-16(2,3)4/h9-10,17H,5-8,11-13H2,1-4H3. The van der Waals surface area contributed by atoms with Gasteiger partial charge in [0.25, 0.3) is 0 Å². The van der Waals surface area contributed by atoms with E-state index in [1.807, 2.05) is 11.3 Å². The molecule has 0 aliphatic rings. The van der Waals surface area contributed by atoms with Crippen molar-refractivity contribution in [3.05, 3.63) is 21.9 Å². The molecule has 0 fully saturated rings. The monoisotopic (exact) mass is 283 g/mol. The van der Waals surface area contributed by atoms with E-state index in [9.17, 15) is 0 Å². The van der Waals surface area contributed by atoms with Gasteiger partial charge in [0, 0.05) is 28.4 Å². The molecule has 2 nitrogen and oxygen atoms in total. The highest BCUT2D eigenvalue weighted by Crippen LogP contribution is 2.18. The van der Waals surface area contributed by atoms with Gasteiger partial charge in [0.1, 0.15) is 0 Å². The zero-order chi connectivity index (χ0) is 14.1. The van der Waals surface area contributed by atoms with Gasteiger partial charge in [-0.15, -0.1) is 11.3 Å². The van der Waals surface area contributed by atoms with Crippen LogP contribution in [0.25, 0.3) is 0 Å². The zero-order valence-electron chi connectivity index (χ0n) is 12.9. The lowest BCUT2D eigenvalue weighted by molar-refractivity contribution is 0.119. The molecule has 0 unspecified atom stereocenters. The Hall–Kier alpha value is -0.380. The largest absolute Gasteiger partial charge is 0.376 e. The van der Waals surface area contributed by atoms with Gasteiger partial charge in [-0.05, 0) is 39.3 Å². The fraction of sp³-hybridized carbons (Fsp3) is 0.750. The van der Waals surface area contributed by atoms with Crippen LogP contribution in [-0.2, 0) is 17.9 Å². The average Bonchev–Trinajstić information content (AvgIpc) is 2.78. The van der Waals surface area contributed by atoms with Crippen LogP contribution in [0.5, 0.6) is 0 Å². The molecule has 1 N–H and O–H groups in total. The minimum atomic E-state index is 0.180. The number of nitrogens with one attached hydrogen (secondary N) is 1. The van der Waals surface area contributed by atoms with Crippen molar-refractivity contribution in [1.82, 2.24) is 5.32 Å². The molecule has 0 aliphatic heterocycles. The summed E-state index contributed by atoms with van der Waals surface area (Å²) in [4.78, 5) is 2.72. The van der Waals surface area contributed by atoms with E-state index in [0.717, 1.165) is 19.8 Å². The minimum absolute atomic E-state index is 0.180. The summed E-state index contributed by atoms with van der Waals surface area (Å²) in [5.74, 6) is 0. The van der Waals surface area contributed by atoms with E-state index in [1.54, 1.807) is 0 Å². The molecule has 0 aromatic carbocycles. The Kier molecular flexibility index (Phi) is 7.66. The number of ether oxygens (including phenoxy) is 1. The Labute approximate surface area is 122 Å². The summed E-state index contributed by atoms with van der Waals surface area (Å²) in [6, 6.07) is 4.40. The normalized spacial score (nSPS) is 12.0. The Morgan fingerprint density at radius 2 is 1.84 bits per heavy atom. The van der Waals surface area contributed by atoms with E-state index >= 15 is 0 Å². The van der Waals surface area contributed by atoms with E-state index in [0.29, 0.717) is 0 Å². The van der Waals surface area contributed by atoms with Gasteiger partial charge in [0.2, 0.25) is 0 Å². The first-order valence-electron chi connectivity index (χ1n) is 7.41. The molecule has 0 saturated carbocycles. The second-order valence-electron chi connectivity index (χ2n) is 6.08. The number of hydrogen-bond acceptors (Lipinski definition) is 3. The number of thiophene rings is 1. The third kappa shape index (κ3) is 8.40. The van der Waals surface area contributed by atoms with Crippen molar-refractivity contribution >= 4 is 11.3 Å². The summed E-state index contributed by atoms with van der Waals surface area (Å²) >= 11 is 1.85. The van der Waals surface area contributed by atoms with Crippen molar-refractivity contribution in [2.24, 2.45) is 0 Å². The Balaban J connectivity index is 2.16. The summed E-state index contributed by atoms with van der Waals surface area (Å²) in [5.41, 5.74) is 0.180. The molecule has 0 amide bonds. The van der Waals surface area contributed by atoms with Crippen molar-refractivity contribution in [3.63, 3.8) is 0 Å². The lowest BCUT2D eigenvalue weighted by atomic mass is 10.1. The SMILES string of the molecule is CCCCCCOCc1ccc(CNC(C)(C)C)s1. The highest BCUT2D eigenvalue weighted by atomic mass is 32.1. The zero-order valence-corrected chi connectivity index (χ0v) is 13.7. The van der Waals surface area contributed by atoms with Crippen LogP contribution in [-0.4, -0.2) is 12.1 Å². The predicted octanol–water partition coefficient (Wildman–Crippen LogP) is 4.73. The summed E-state index contributed by atoms with van der Waals surface area (Å²) in [6.07, 6.45) is 5.10. The van der Waals surface area contributed by atoms with Crippen molar-refractivity contribution < 1.29 is 4.74 Å². The second kappa shape index (κ2) is 8.72. The van der Waals surface area contributed by atoms with Crippen LogP contribution in [0.4, 0.5) is 0 Å². The maximum Gasteiger partial charge on any atom is 0.0809 e. The molecule has 1 aromatic heterocycles. The van der Waals surface area contributed by atoms with E-state index < -0.39 is 0 Å². The van der Waals surface area contributed by atoms with Gasteiger partial charge in [-0.2, -0.15) is 0 Å². The molecule has 0 atom stereocenters. The van der Waals surface area contributed by atoms with Crippen LogP contribution < -0.4 is 5.32 Å². The summed E-state index contributed by atoms with van der Waals surface area (Å²) < 4.78 is 5.72.